The van der Waals surface area contributed by atoms with E-state index in [9.17, 15) is 4.79 Å². The number of carbonyl (C=O) groups is 1. The van der Waals surface area contributed by atoms with E-state index in [2.05, 4.69) is 16.4 Å². The number of ether oxygens (including phenoxy) is 1. The maximum absolute atomic E-state index is 12.9. The third-order valence-electron chi connectivity index (χ3n) is 6.36. The van der Waals surface area contributed by atoms with Crippen LogP contribution in [-0.2, 0) is 17.6 Å². The van der Waals surface area contributed by atoms with Crippen molar-refractivity contribution in [1.82, 2.24) is 4.98 Å². The number of rotatable bonds is 5. The van der Waals surface area contributed by atoms with Gasteiger partial charge >= 0.3 is 0 Å². The Hall–Kier alpha value is -3.60. The molecule has 1 aliphatic rings. The number of benzene rings is 2. The first-order chi connectivity index (χ1) is 16.0. The normalized spacial score (nSPS) is 13.8. The Morgan fingerprint density at radius 2 is 2.06 bits per heavy atom. The van der Waals surface area contributed by atoms with Crippen molar-refractivity contribution >= 4 is 39.0 Å². The standard InChI is InChI=1S/C28H28N2O3/c1-4-32-27-18(3)28-23(21-9-5-6-10-25(21)33-28)16-22(27)17(2)14-26(31)30-20-11-12-24-19(15-20)8-7-13-29-24/h7-8,11-16H,4-6,9-10H2,1-3H3,(H,30,31)/b17-14+. The van der Waals surface area contributed by atoms with Crippen LogP contribution in [0.2, 0.25) is 0 Å². The van der Waals surface area contributed by atoms with Crippen LogP contribution in [0.15, 0.2) is 53.1 Å². The highest BCUT2D eigenvalue weighted by molar-refractivity contribution is 6.05. The quantitative estimate of drug-likeness (QED) is 0.355. The number of nitrogens with zero attached hydrogens (tertiary/aromatic N) is 1. The highest BCUT2D eigenvalue weighted by Gasteiger charge is 2.23. The van der Waals surface area contributed by atoms with Gasteiger partial charge in [0.25, 0.3) is 0 Å². The number of aryl methyl sites for hydroxylation is 3. The molecule has 2 aromatic carbocycles. The summed E-state index contributed by atoms with van der Waals surface area (Å²) in [4.78, 5) is 17.2. The van der Waals surface area contributed by atoms with Gasteiger partial charge in [-0.15, -0.1) is 0 Å². The van der Waals surface area contributed by atoms with Gasteiger partial charge in [-0.2, -0.15) is 0 Å². The molecule has 168 valence electrons. The van der Waals surface area contributed by atoms with Crippen molar-refractivity contribution in [3.8, 4) is 5.75 Å². The number of anilines is 1. The summed E-state index contributed by atoms with van der Waals surface area (Å²) in [6, 6.07) is 11.7. The fourth-order valence-corrected chi connectivity index (χ4v) is 4.77. The molecule has 0 aliphatic heterocycles. The van der Waals surface area contributed by atoms with Crippen LogP contribution < -0.4 is 10.1 Å². The van der Waals surface area contributed by atoms with Gasteiger partial charge in [0.2, 0.25) is 5.91 Å². The summed E-state index contributed by atoms with van der Waals surface area (Å²) >= 11 is 0. The van der Waals surface area contributed by atoms with Crippen LogP contribution in [-0.4, -0.2) is 17.5 Å². The van der Waals surface area contributed by atoms with Gasteiger partial charge in [-0.1, -0.05) is 6.07 Å². The summed E-state index contributed by atoms with van der Waals surface area (Å²) in [6.45, 7) is 6.52. The summed E-state index contributed by atoms with van der Waals surface area (Å²) in [6.07, 6.45) is 7.78. The van der Waals surface area contributed by atoms with E-state index in [0.29, 0.717) is 6.61 Å². The number of carbonyl (C=O) groups excluding carboxylic acids is 1. The Morgan fingerprint density at radius 3 is 2.91 bits per heavy atom. The van der Waals surface area contributed by atoms with Crippen LogP contribution in [0.4, 0.5) is 5.69 Å². The number of hydrogen-bond donors (Lipinski definition) is 1. The van der Waals surface area contributed by atoms with Gasteiger partial charge < -0.3 is 14.5 Å². The maximum Gasteiger partial charge on any atom is 0.248 e. The van der Waals surface area contributed by atoms with Crippen LogP contribution in [0.3, 0.4) is 0 Å². The molecular weight excluding hydrogens is 412 g/mol. The lowest BCUT2D eigenvalue weighted by Crippen LogP contribution is -2.09. The summed E-state index contributed by atoms with van der Waals surface area (Å²) in [7, 11) is 0. The molecule has 5 rings (SSSR count). The number of furan rings is 1. The molecule has 4 aromatic rings. The molecule has 0 atom stereocenters. The zero-order valence-corrected chi connectivity index (χ0v) is 19.3. The Kier molecular flexibility index (Phi) is 5.63. The molecule has 0 spiro atoms. The highest BCUT2D eigenvalue weighted by atomic mass is 16.5. The lowest BCUT2D eigenvalue weighted by molar-refractivity contribution is -0.111. The van der Waals surface area contributed by atoms with Crippen molar-refractivity contribution < 1.29 is 13.9 Å². The van der Waals surface area contributed by atoms with Gasteiger partial charge in [0.05, 0.1) is 12.1 Å². The van der Waals surface area contributed by atoms with Crippen LogP contribution >= 0.6 is 0 Å². The van der Waals surface area contributed by atoms with E-state index in [0.717, 1.165) is 68.6 Å². The summed E-state index contributed by atoms with van der Waals surface area (Å²) in [5.41, 5.74) is 6.65. The Labute approximate surface area is 193 Å². The molecule has 0 saturated heterocycles. The van der Waals surface area contributed by atoms with Gasteiger partial charge in [0.15, 0.2) is 0 Å². The number of pyridine rings is 1. The number of amides is 1. The summed E-state index contributed by atoms with van der Waals surface area (Å²) in [5, 5.41) is 5.12. The number of fused-ring (bicyclic) bond motifs is 4. The SMILES string of the molecule is CCOc1c(/C(C)=C/C(=O)Nc2ccc3ncccc3c2)cc2c3c(oc2c1C)CCCC3. The second-order valence-corrected chi connectivity index (χ2v) is 8.63. The lowest BCUT2D eigenvalue weighted by Gasteiger charge is -2.15. The molecule has 5 nitrogen and oxygen atoms in total. The summed E-state index contributed by atoms with van der Waals surface area (Å²) in [5.74, 6) is 1.71. The molecule has 33 heavy (non-hydrogen) atoms. The molecule has 0 radical (unpaired) electrons. The van der Waals surface area contributed by atoms with Gasteiger partial charge in [-0.3, -0.25) is 9.78 Å². The number of allylic oxidation sites excluding steroid dienone is 1. The number of aromatic nitrogens is 1. The van der Waals surface area contributed by atoms with Crippen LogP contribution in [0.5, 0.6) is 5.75 Å². The molecule has 0 unspecified atom stereocenters. The largest absolute Gasteiger partial charge is 0.493 e. The van der Waals surface area contributed by atoms with Crippen LogP contribution in [0.1, 0.15) is 49.1 Å². The van der Waals surface area contributed by atoms with E-state index in [1.54, 1.807) is 12.3 Å². The molecular formula is C28H28N2O3. The van der Waals surface area contributed by atoms with E-state index < -0.39 is 0 Å². The van der Waals surface area contributed by atoms with Crippen molar-refractivity contribution in [2.75, 3.05) is 11.9 Å². The van der Waals surface area contributed by atoms with Crippen molar-refractivity contribution in [3.05, 3.63) is 71.1 Å². The molecule has 0 fully saturated rings. The van der Waals surface area contributed by atoms with E-state index in [1.165, 1.54) is 18.4 Å². The van der Waals surface area contributed by atoms with Gasteiger partial charge in [0, 0.05) is 51.8 Å². The second-order valence-electron chi connectivity index (χ2n) is 8.63. The molecule has 2 aromatic heterocycles. The molecule has 2 heterocycles. The fraction of sp³-hybridized carbons (Fsp3) is 0.286. The van der Waals surface area contributed by atoms with Crippen LogP contribution in [0.25, 0.3) is 27.4 Å². The average molecular weight is 441 g/mol. The molecule has 1 N–H and O–H groups in total. The predicted octanol–water partition coefficient (Wildman–Crippen LogP) is 6.61. The molecule has 0 bridgehead atoms. The number of hydrogen-bond acceptors (Lipinski definition) is 4. The van der Waals surface area contributed by atoms with Gasteiger partial charge in [-0.05, 0) is 75.9 Å². The van der Waals surface area contributed by atoms with Gasteiger partial charge in [0.1, 0.15) is 17.1 Å². The topological polar surface area (TPSA) is 64.4 Å². The van der Waals surface area contributed by atoms with E-state index >= 15 is 0 Å². The maximum atomic E-state index is 12.9. The third kappa shape index (κ3) is 3.99. The zero-order valence-electron chi connectivity index (χ0n) is 19.3. The van der Waals surface area contributed by atoms with E-state index in [4.69, 9.17) is 9.15 Å². The monoisotopic (exact) mass is 440 g/mol. The van der Waals surface area contributed by atoms with E-state index in [1.807, 2.05) is 51.1 Å². The van der Waals surface area contributed by atoms with Crippen molar-refractivity contribution in [2.45, 2.75) is 46.5 Å². The van der Waals surface area contributed by atoms with Crippen LogP contribution in [0, 0.1) is 6.92 Å². The Morgan fingerprint density at radius 1 is 1.21 bits per heavy atom. The second kappa shape index (κ2) is 8.74. The molecule has 5 heteroatoms. The van der Waals surface area contributed by atoms with E-state index in [-0.39, 0.29) is 5.91 Å². The average Bonchev–Trinajstić information content (AvgIpc) is 3.19. The van der Waals surface area contributed by atoms with Crippen molar-refractivity contribution in [2.24, 2.45) is 0 Å². The smallest absolute Gasteiger partial charge is 0.248 e. The summed E-state index contributed by atoms with van der Waals surface area (Å²) < 4.78 is 12.3. The minimum absolute atomic E-state index is 0.176. The lowest BCUT2D eigenvalue weighted by atomic mass is 9.93. The number of nitrogens with one attached hydrogen (secondary N) is 1. The van der Waals surface area contributed by atoms with Crippen molar-refractivity contribution in [3.63, 3.8) is 0 Å². The minimum Gasteiger partial charge on any atom is -0.493 e. The van der Waals surface area contributed by atoms with Crippen molar-refractivity contribution in [1.29, 1.82) is 0 Å². The van der Waals surface area contributed by atoms with Gasteiger partial charge in [-0.25, -0.2) is 0 Å². The fourth-order valence-electron chi connectivity index (χ4n) is 4.77. The Bertz CT molecular complexity index is 1400. The first-order valence-corrected chi connectivity index (χ1v) is 11.6. The molecule has 1 aliphatic carbocycles. The highest BCUT2D eigenvalue weighted by Crippen LogP contribution is 2.41. The Balaban J connectivity index is 1.50. The molecule has 0 saturated carbocycles. The molecule has 1 amide bonds. The minimum atomic E-state index is -0.176. The zero-order chi connectivity index (χ0) is 22.9. The third-order valence-corrected chi connectivity index (χ3v) is 6.36. The first kappa shape index (κ1) is 21.3. The first-order valence-electron chi connectivity index (χ1n) is 11.6. The predicted molar refractivity (Wildman–Crippen MR) is 133 cm³/mol.